The Balaban J connectivity index is 1.33. The van der Waals surface area contributed by atoms with Gasteiger partial charge in [-0.3, -0.25) is 9.59 Å². The Morgan fingerprint density at radius 3 is 2.81 bits per heavy atom. The largest absolute Gasteiger partial charge is 0.352 e. The van der Waals surface area contributed by atoms with E-state index in [9.17, 15) is 18.4 Å². The molecule has 2 heterocycles. The van der Waals surface area contributed by atoms with E-state index in [1.165, 1.54) is 0 Å². The second kappa shape index (κ2) is 9.51. The molecule has 4 rings (SSSR count). The minimum Gasteiger partial charge on any atom is -0.352 e. The first kappa shape index (κ1) is 21.4. The molecule has 5 nitrogen and oxygen atoms in total. The molecule has 0 saturated carbocycles. The fraction of sp³-hybridized carbons (Fsp3) is 0.348. The SMILES string of the molecule is O=C(NCCCC(=O)N1CCCCC1c1nc2ccccc2s1)c1ccc(F)cc1F. The molecule has 162 valence electrons. The first-order valence-electron chi connectivity index (χ1n) is 10.4. The molecule has 1 N–H and O–H groups in total. The van der Waals surface area contributed by atoms with E-state index in [-0.39, 0.29) is 30.5 Å². The van der Waals surface area contributed by atoms with Gasteiger partial charge < -0.3 is 10.2 Å². The number of carbonyl (C=O) groups excluding carboxylic acids is 2. The number of halogens is 2. The van der Waals surface area contributed by atoms with Gasteiger partial charge in [-0.25, -0.2) is 13.8 Å². The molecule has 1 unspecified atom stereocenters. The van der Waals surface area contributed by atoms with Gasteiger partial charge in [0, 0.05) is 25.6 Å². The summed E-state index contributed by atoms with van der Waals surface area (Å²) in [6.45, 7) is 0.938. The number of carbonyl (C=O) groups is 2. The fourth-order valence-electron chi connectivity index (χ4n) is 3.87. The number of amides is 2. The summed E-state index contributed by atoms with van der Waals surface area (Å²) in [5, 5.41) is 3.56. The molecule has 1 aliphatic rings. The van der Waals surface area contributed by atoms with Crippen LogP contribution in [0.1, 0.15) is 53.5 Å². The van der Waals surface area contributed by atoms with Crippen LogP contribution < -0.4 is 5.32 Å². The third kappa shape index (κ3) is 4.90. The van der Waals surface area contributed by atoms with E-state index in [2.05, 4.69) is 5.32 Å². The van der Waals surface area contributed by atoms with Crippen LogP contribution in [0, 0.1) is 11.6 Å². The summed E-state index contributed by atoms with van der Waals surface area (Å²) in [7, 11) is 0. The molecule has 0 aliphatic carbocycles. The highest BCUT2D eigenvalue weighted by Gasteiger charge is 2.30. The molecule has 1 fully saturated rings. The van der Waals surface area contributed by atoms with Crippen LogP contribution in [0.2, 0.25) is 0 Å². The van der Waals surface area contributed by atoms with Crippen molar-refractivity contribution in [3.8, 4) is 0 Å². The third-order valence-corrected chi connectivity index (χ3v) is 6.59. The predicted molar refractivity (Wildman–Crippen MR) is 116 cm³/mol. The number of fused-ring (bicyclic) bond motifs is 1. The number of aromatic nitrogens is 1. The number of nitrogens with zero attached hydrogens (tertiary/aromatic N) is 2. The van der Waals surface area contributed by atoms with Crippen LogP contribution in [-0.4, -0.2) is 34.8 Å². The van der Waals surface area contributed by atoms with Crippen LogP contribution >= 0.6 is 11.3 Å². The monoisotopic (exact) mass is 443 g/mol. The second-order valence-corrected chi connectivity index (χ2v) is 8.66. The smallest absolute Gasteiger partial charge is 0.254 e. The summed E-state index contributed by atoms with van der Waals surface area (Å²) >= 11 is 1.63. The van der Waals surface area contributed by atoms with Crippen molar-refractivity contribution in [2.75, 3.05) is 13.1 Å². The van der Waals surface area contributed by atoms with Gasteiger partial charge in [0.25, 0.3) is 5.91 Å². The van der Waals surface area contributed by atoms with Crippen molar-refractivity contribution in [3.05, 3.63) is 64.7 Å². The summed E-state index contributed by atoms with van der Waals surface area (Å²) in [6.07, 6.45) is 3.65. The van der Waals surface area contributed by atoms with Crippen LogP contribution in [0.3, 0.4) is 0 Å². The number of rotatable bonds is 6. The number of piperidine rings is 1. The molecule has 8 heteroatoms. The Kier molecular flexibility index (Phi) is 6.56. The lowest BCUT2D eigenvalue weighted by Crippen LogP contribution is -2.38. The number of benzene rings is 2. The molecule has 3 aromatic rings. The second-order valence-electron chi connectivity index (χ2n) is 7.60. The molecular formula is C23H23F2N3O2S. The molecule has 0 bridgehead atoms. The highest BCUT2D eigenvalue weighted by atomic mass is 32.1. The summed E-state index contributed by atoms with van der Waals surface area (Å²) in [5.74, 6) is -2.22. The molecule has 0 radical (unpaired) electrons. The number of nitrogens with one attached hydrogen (secondary N) is 1. The van der Waals surface area contributed by atoms with Gasteiger partial charge in [0.1, 0.15) is 16.6 Å². The van der Waals surface area contributed by atoms with Crippen molar-refractivity contribution in [2.45, 2.75) is 38.1 Å². The van der Waals surface area contributed by atoms with Crippen LogP contribution in [0.15, 0.2) is 42.5 Å². The van der Waals surface area contributed by atoms with E-state index in [1.54, 1.807) is 11.3 Å². The van der Waals surface area contributed by atoms with E-state index >= 15 is 0 Å². The van der Waals surface area contributed by atoms with Crippen LogP contribution in [0.5, 0.6) is 0 Å². The maximum atomic E-state index is 13.7. The van der Waals surface area contributed by atoms with Crippen LogP contribution in [-0.2, 0) is 4.79 Å². The first-order valence-corrected chi connectivity index (χ1v) is 11.2. The lowest BCUT2D eigenvalue weighted by molar-refractivity contribution is -0.135. The lowest BCUT2D eigenvalue weighted by Gasteiger charge is -2.34. The molecule has 31 heavy (non-hydrogen) atoms. The van der Waals surface area contributed by atoms with Crippen LogP contribution in [0.4, 0.5) is 8.78 Å². The Labute approximate surface area is 183 Å². The summed E-state index contributed by atoms with van der Waals surface area (Å²) in [4.78, 5) is 31.6. The zero-order valence-electron chi connectivity index (χ0n) is 16.9. The van der Waals surface area contributed by atoms with Gasteiger partial charge in [-0.2, -0.15) is 0 Å². The Hall–Kier alpha value is -2.87. The molecule has 1 atom stereocenters. The standard InChI is InChI=1S/C23H23F2N3O2S/c24-15-10-11-16(17(25)14-15)22(30)26-12-5-9-21(29)28-13-4-3-7-19(28)23-27-18-6-1-2-8-20(18)31-23/h1-2,6,8,10-11,14,19H,3-5,7,9,12-13H2,(H,26,30). The zero-order valence-corrected chi connectivity index (χ0v) is 17.8. The fourth-order valence-corrected chi connectivity index (χ4v) is 4.99. The van der Waals surface area contributed by atoms with Crippen molar-refractivity contribution in [1.29, 1.82) is 0 Å². The van der Waals surface area contributed by atoms with E-state index in [4.69, 9.17) is 4.98 Å². The van der Waals surface area contributed by atoms with Crippen molar-refractivity contribution in [1.82, 2.24) is 15.2 Å². The van der Waals surface area contributed by atoms with E-state index < -0.39 is 17.5 Å². The van der Waals surface area contributed by atoms with E-state index in [0.717, 1.165) is 46.6 Å². The zero-order chi connectivity index (χ0) is 21.8. The summed E-state index contributed by atoms with van der Waals surface area (Å²) in [5.41, 5.74) is 0.746. The molecular weight excluding hydrogens is 420 g/mol. The average molecular weight is 444 g/mol. The van der Waals surface area contributed by atoms with E-state index in [0.29, 0.717) is 19.0 Å². The van der Waals surface area contributed by atoms with Crippen molar-refractivity contribution in [2.24, 2.45) is 0 Å². The number of likely N-dealkylation sites (tertiary alicyclic amines) is 1. The first-order chi connectivity index (χ1) is 15.0. The van der Waals surface area contributed by atoms with Crippen molar-refractivity contribution < 1.29 is 18.4 Å². The normalized spacial score (nSPS) is 16.5. The molecule has 0 spiro atoms. The summed E-state index contributed by atoms with van der Waals surface area (Å²) in [6, 6.07) is 10.8. The van der Waals surface area contributed by atoms with Gasteiger partial charge in [0.15, 0.2) is 0 Å². The molecule has 2 amide bonds. The Morgan fingerprint density at radius 2 is 2.00 bits per heavy atom. The van der Waals surface area contributed by atoms with Crippen molar-refractivity contribution >= 4 is 33.4 Å². The highest BCUT2D eigenvalue weighted by molar-refractivity contribution is 7.18. The highest BCUT2D eigenvalue weighted by Crippen LogP contribution is 2.36. The van der Waals surface area contributed by atoms with Gasteiger partial charge in [-0.05, 0) is 49.9 Å². The van der Waals surface area contributed by atoms with Crippen LogP contribution in [0.25, 0.3) is 10.2 Å². The quantitative estimate of drug-likeness (QED) is 0.555. The minimum atomic E-state index is -0.902. The molecule has 2 aromatic carbocycles. The lowest BCUT2D eigenvalue weighted by atomic mass is 10.0. The Bertz CT molecular complexity index is 1070. The van der Waals surface area contributed by atoms with Crippen molar-refractivity contribution in [3.63, 3.8) is 0 Å². The summed E-state index contributed by atoms with van der Waals surface area (Å²) < 4.78 is 27.8. The average Bonchev–Trinajstić information content (AvgIpc) is 3.20. The molecule has 1 aliphatic heterocycles. The van der Waals surface area contributed by atoms with Gasteiger partial charge in [-0.1, -0.05) is 12.1 Å². The number of hydrogen-bond acceptors (Lipinski definition) is 4. The Morgan fingerprint density at radius 1 is 1.16 bits per heavy atom. The predicted octanol–water partition coefficient (Wildman–Crippen LogP) is 4.84. The number of thiazole rings is 1. The topological polar surface area (TPSA) is 62.3 Å². The molecule has 1 aromatic heterocycles. The van der Waals surface area contributed by atoms with Gasteiger partial charge in [0.2, 0.25) is 5.91 Å². The minimum absolute atomic E-state index is 0.0125. The van der Waals surface area contributed by atoms with Gasteiger partial charge in [-0.15, -0.1) is 11.3 Å². The van der Waals surface area contributed by atoms with Gasteiger partial charge in [0.05, 0.1) is 21.8 Å². The number of hydrogen-bond donors (Lipinski definition) is 1. The molecule has 1 saturated heterocycles. The van der Waals surface area contributed by atoms with E-state index in [1.807, 2.05) is 29.2 Å². The maximum absolute atomic E-state index is 13.7. The van der Waals surface area contributed by atoms with Gasteiger partial charge >= 0.3 is 0 Å². The third-order valence-electron chi connectivity index (χ3n) is 5.45. The number of para-hydroxylation sites is 1. The maximum Gasteiger partial charge on any atom is 0.254 e.